The molecule has 3 unspecified atom stereocenters. The monoisotopic (exact) mass is 309 g/mol. The first kappa shape index (κ1) is 16.1. The van der Waals surface area contributed by atoms with E-state index in [0.717, 1.165) is 38.7 Å². The molecule has 5 nitrogen and oxygen atoms in total. The summed E-state index contributed by atoms with van der Waals surface area (Å²) in [5, 5.41) is 3.71. The minimum absolute atomic E-state index is 0.378. The maximum absolute atomic E-state index is 5.94. The van der Waals surface area contributed by atoms with Crippen molar-refractivity contribution in [3.8, 4) is 0 Å². The molecule has 1 heterocycles. The van der Waals surface area contributed by atoms with Crippen LogP contribution in [0, 0.1) is 11.3 Å². The van der Waals surface area contributed by atoms with Gasteiger partial charge in [0.15, 0.2) is 5.96 Å². The maximum atomic E-state index is 5.94. The van der Waals surface area contributed by atoms with Crippen molar-refractivity contribution < 1.29 is 9.47 Å². The van der Waals surface area contributed by atoms with E-state index >= 15 is 0 Å². The van der Waals surface area contributed by atoms with Gasteiger partial charge in [0, 0.05) is 51.2 Å². The highest BCUT2D eigenvalue weighted by Crippen LogP contribution is 2.57. The molecule has 1 spiro atoms. The molecule has 1 aliphatic heterocycles. The van der Waals surface area contributed by atoms with Crippen LogP contribution in [0.15, 0.2) is 4.99 Å². The maximum Gasteiger partial charge on any atom is 0.193 e. The summed E-state index contributed by atoms with van der Waals surface area (Å²) in [5.74, 6) is 1.66. The zero-order valence-corrected chi connectivity index (χ0v) is 14.3. The fourth-order valence-electron chi connectivity index (χ4n) is 4.34. The summed E-state index contributed by atoms with van der Waals surface area (Å²) in [6.45, 7) is 5.75. The number of aliphatic imine (C=N–C) groups is 1. The lowest BCUT2D eigenvalue weighted by molar-refractivity contribution is -0.168. The molecule has 2 saturated carbocycles. The van der Waals surface area contributed by atoms with Crippen molar-refractivity contribution in [2.75, 3.05) is 40.5 Å². The van der Waals surface area contributed by atoms with E-state index in [0.29, 0.717) is 23.5 Å². The molecule has 1 saturated heterocycles. The van der Waals surface area contributed by atoms with Crippen LogP contribution in [0.1, 0.15) is 39.0 Å². The van der Waals surface area contributed by atoms with Gasteiger partial charge < -0.3 is 19.7 Å². The van der Waals surface area contributed by atoms with Gasteiger partial charge in [-0.1, -0.05) is 6.42 Å². The molecular formula is C17H31N3O2. The van der Waals surface area contributed by atoms with Crippen LogP contribution >= 0.6 is 0 Å². The molecule has 5 heteroatoms. The van der Waals surface area contributed by atoms with Gasteiger partial charge in [-0.15, -0.1) is 0 Å². The number of guanidine groups is 1. The second-order valence-corrected chi connectivity index (χ2v) is 7.12. The third kappa shape index (κ3) is 2.85. The summed E-state index contributed by atoms with van der Waals surface area (Å²) in [5.41, 5.74) is 0.378. The Kier molecular flexibility index (Phi) is 4.93. The lowest BCUT2D eigenvalue weighted by Gasteiger charge is -2.61. The number of hydrogen-bond acceptors (Lipinski definition) is 3. The van der Waals surface area contributed by atoms with Gasteiger partial charge in [-0.05, 0) is 32.6 Å². The van der Waals surface area contributed by atoms with E-state index in [2.05, 4.69) is 29.2 Å². The predicted octanol–water partition coefficient (Wildman–Crippen LogP) is 1.88. The van der Waals surface area contributed by atoms with Gasteiger partial charge in [-0.3, -0.25) is 4.99 Å². The van der Waals surface area contributed by atoms with Crippen LogP contribution < -0.4 is 5.32 Å². The fraction of sp³-hybridized carbons (Fsp3) is 0.941. The molecule has 0 aromatic carbocycles. The smallest absolute Gasteiger partial charge is 0.193 e. The Morgan fingerprint density at radius 2 is 2.27 bits per heavy atom. The van der Waals surface area contributed by atoms with Gasteiger partial charge in [0.1, 0.15) is 0 Å². The third-order valence-electron chi connectivity index (χ3n) is 5.87. The number of hydrogen-bond donors (Lipinski definition) is 1. The summed E-state index contributed by atoms with van der Waals surface area (Å²) in [7, 11) is 4.02. The highest BCUT2D eigenvalue weighted by atomic mass is 16.5. The minimum Gasteiger partial charge on any atom is -0.381 e. The van der Waals surface area contributed by atoms with Gasteiger partial charge in [0.2, 0.25) is 0 Å². The lowest BCUT2D eigenvalue weighted by atomic mass is 9.51. The van der Waals surface area contributed by atoms with Crippen molar-refractivity contribution in [2.45, 2.75) is 51.2 Å². The fourth-order valence-corrected chi connectivity index (χ4v) is 4.34. The summed E-state index contributed by atoms with van der Waals surface area (Å²) in [6.07, 6.45) is 6.68. The Balaban J connectivity index is 1.54. The summed E-state index contributed by atoms with van der Waals surface area (Å²) in [4.78, 5) is 6.76. The average Bonchev–Trinajstić information content (AvgIpc) is 2.93. The van der Waals surface area contributed by atoms with Crippen molar-refractivity contribution >= 4 is 5.96 Å². The quantitative estimate of drug-likeness (QED) is 0.622. The molecule has 2 aliphatic carbocycles. The van der Waals surface area contributed by atoms with Crippen molar-refractivity contribution in [2.24, 2.45) is 16.3 Å². The van der Waals surface area contributed by atoms with Gasteiger partial charge >= 0.3 is 0 Å². The SMILES string of the molecule is CCOC1CC(NC(=NC)N(C)CC2CCOC2)C12CCC2. The van der Waals surface area contributed by atoms with E-state index in [-0.39, 0.29) is 0 Å². The molecule has 0 radical (unpaired) electrons. The van der Waals surface area contributed by atoms with E-state index in [1.54, 1.807) is 0 Å². The largest absolute Gasteiger partial charge is 0.381 e. The van der Waals surface area contributed by atoms with Crippen LogP contribution in [0.2, 0.25) is 0 Å². The Bertz CT molecular complexity index is 403. The molecule has 3 rings (SSSR count). The van der Waals surface area contributed by atoms with Crippen molar-refractivity contribution in [3.63, 3.8) is 0 Å². The molecule has 3 atom stereocenters. The lowest BCUT2D eigenvalue weighted by Crippen LogP contribution is -2.68. The number of ether oxygens (including phenoxy) is 2. The van der Waals surface area contributed by atoms with Crippen LogP contribution in [0.4, 0.5) is 0 Å². The van der Waals surface area contributed by atoms with E-state index in [1.807, 2.05) is 7.05 Å². The van der Waals surface area contributed by atoms with Crippen LogP contribution in [-0.4, -0.2) is 63.5 Å². The Morgan fingerprint density at radius 1 is 1.45 bits per heavy atom. The van der Waals surface area contributed by atoms with Gasteiger partial charge in [-0.2, -0.15) is 0 Å². The summed E-state index contributed by atoms with van der Waals surface area (Å²) in [6, 6.07) is 0.527. The topological polar surface area (TPSA) is 46.1 Å². The van der Waals surface area contributed by atoms with E-state index < -0.39 is 0 Å². The van der Waals surface area contributed by atoms with E-state index in [9.17, 15) is 0 Å². The van der Waals surface area contributed by atoms with Crippen molar-refractivity contribution in [1.82, 2.24) is 10.2 Å². The normalized spacial score (nSPS) is 33.4. The van der Waals surface area contributed by atoms with Crippen LogP contribution in [0.5, 0.6) is 0 Å². The molecule has 0 aromatic rings. The van der Waals surface area contributed by atoms with Gasteiger partial charge in [-0.25, -0.2) is 0 Å². The molecule has 0 amide bonds. The first-order valence-corrected chi connectivity index (χ1v) is 8.83. The molecule has 0 bridgehead atoms. The molecule has 22 heavy (non-hydrogen) atoms. The molecule has 3 fully saturated rings. The van der Waals surface area contributed by atoms with E-state index in [1.165, 1.54) is 25.7 Å². The number of nitrogens with zero attached hydrogens (tertiary/aromatic N) is 2. The van der Waals surface area contributed by atoms with Crippen LogP contribution in [-0.2, 0) is 9.47 Å². The van der Waals surface area contributed by atoms with Crippen LogP contribution in [0.25, 0.3) is 0 Å². The molecule has 0 aromatic heterocycles. The highest BCUT2D eigenvalue weighted by molar-refractivity contribution is 5.80. The van der Waals surface area contributed by atoms with Crippen molar-refractivity contribution in [1.29, 1.82) is 0 Å². The standard InChI is InChI=1S/C17H31N3O2/c1-4-22-15-10-14(17(15)7-5-8-17)19-16(18-2)20(3)11-13-6-9-21-12-13/h13-15H,4-12H2,1-3H3,(H,18,19). The van der Waals surface area contributed by atoms with Gasteiger partial charge in [0.05, 0.1) is 12.7 Å². The zero-order valence-electron chi connectivity index (χ0n) is 14.3. The Labute approximate surface area is 134 Å². The first-order chi connectivity index (χ1) is 10.7. The zero-order chi connectivity index (χ0) is 15.6. The third-order valence-corrected chi connectivity index (χ3v) is 5.87. The average molecular weight is 309 g/mol. The molecule has 3 aliphatic rings. The number of rotatable bonds is 5. The Morgan fingerprint density at radius 3 is 2.82 bits per heavy atom. The minimum atomic E-state index is 0.378. The molecular weight excluding hydrogens is 278 g/mol. The summed E-state index contributed by atoms with van der Waals surface area (Å²) >= 11 is 0. The van der Waals surface area contributed by atoms with Gasteiger partial charge in [0.25, 0.3) is 0 Å². The number of nitrogens with one attached hydrogen (secondary N) is 1. The molecule has 126 valence electrons. The molecule has 1 N–H and O–H groups in total. The Hall–Kier alpha value is -0.810. The van der Waals surface area contributed by atoms with Crippen LogP contribution in [0.3, 0.4) is 0 Å². The second-order valence-electron chi connectivity index (χ2n) is 7.12. The second kappa shape index (κ2) is 6.75. The predicted molar refractivity (Wildman–Crippen MR) is 88.2 cm³/mol. The van der Waals surface area contributed by atoms with Crippen molar-refractivity contribution in [3.05, 3.63) is 0 Å². The summed E-state index contributed by atoms with van der Waals surface area (Å²) < 4.78 is 11.4. The van der Waals surface area contributed by atoms with E-state index in [4.69, 9.17) is 9.47 Å². The highest BCUT2D eigenvalue weighted by Gasteiger charge is 2.59. The first-order valence-electron chi connectivity index (χ1n) is 8.83.